The second-order valence-corrected chi connectivity index (χ2v) is 4.19. The van der Waals surface area contributed by atoms with Crippen molar-refractivity contribution in [1.29, 1.82) is 0 Å². The van der Waals surface area contributed by atoms with Crippen molar-refractivity contribution in [3.8, 4) is 0 Å². The van der Waals surface area contributed by atoms with E-state index in [9.17, 15) is 9.59 Å². The highest BCUT2D eigenvalue weighted by Crippen LogP contribution is 2.08. The number of rotatable bonds is 2. The molecule has 0 saturated carbocycles. The Kier molecular flexibility index (Phi) is 3.28. The van der Waals surface area contributed by atoms with Crippen molar-refractivity contribution >= 4 is 11.6 Å². The van der Waals surface area contributed by atoms with Crippen molar-refractivity contribution in [3.05, 3.63) is 64.1 Å². The Labute approximate surface area is 105 Å². The van der Waals surface area contributed by atoms with Crippen LogP contribution in [0.4, 0.5) is 5.69 Å². The highest BCUT2D eigenvalue weighted by atomic mass is 16.1. The molecule has 0 saturated heterocycles. The van der Waals surface area contributed by atoms with Crippen LogP contribution in [0.25, 0.3) is 0 Å². The van der Waals surface area contributed by atoms with Crippen LogP contribution in [-0.2, 0) is 7.05 Å². The first-order valence-electron chi connectivity index (χ1n) is 5.61. The SMILES string of the molecule is Cc1ccc(C(=O)Nc2ccc(=O)n(C)c2)cc1. The zero-order valence-corrected chi connectivity index (χ0v) is 10.3. The van der Waals surface area contributed by atoms with Gasteiger partial charge >= 0.3 is 0 Å². The van der Waals surface area contributed by atoms with Crippen LogP contribution >= 0.6 is 0 Å². The average molecular weight is 242 g/mol. The van der Waals surface area contributed by atoms with Crippen LogP contribution < -0.4 is 10.9 Å². The minimum Gasteiger partial charge on any atom is -0.321 e. The van der Waals surface area contributed by atoms with Gasteiger partial charge < -0.3 is 9.88 Å². The Hall–Kier alpha value is -2.36. The van der Waals surface area contributed by atoms with Crippen LogP contribution in [0, 0.1) is 6.92 Å². The van der Waals surface area contributed by atoms with Crippen LogP contribution in [0.3, 0.4) is 0 Å². The molecule has 1 amide bonds. The molecule has 0 bridgehead atoms. The number of nitrogens with zero attached hydrogens (tertiary/aromatic N) is 1. The first-order chi connectivity index (χ1) is 8.56. The number of aromatic nitrogens is 1. The van der Waals surface area contributed by atoms with E-state index in [1.54, 1.807) is 31.4 Å². The van der Waals surface area contributed by atoms with E-state index < -0.39 is 0 Å². The minimum absolute atomic E-state index is 0.108. The molecule has 0 atom stereocenters. The summed E-state index contributed by atoms with van der Waals surface area (Å²) in [6.07, 6.45) is 1.59. The van der Waals surface area contributed by atoms with E-state index in [1.807, 2.05) is 19.1 Å². The minimum atomic E-state index is -0.186. The van der Waals surface area contributed by atoms with Gasteiger partial charge in [0, 0.05) is 24.9 Å². The van der Waals surface area contributed by atoms with Crippen LogP contribution in [-0.4, -0.2) is 10.5 Å². The second-order valence-electron chi connectivity index (χ2n) is 4.19. The summed E-state index contributed by atoms with van der Waals surface area (Å²) in [7, 11) is 1.64. The molecule has 0 unspecified atom stereocenters. The number of carbonyl (C=O) groups excluding carboxylic acids is 1. The Morgan fingerprint density at radius 1 is 1.11 bits per heavy atom. The van der Waals surface area contributed by atoms with E-state index in [4.69, 9.17) is 0 Å². The van der Waals surface area contributed by atoms with Crippen LogP contribution in [0.2, 0.25) is 0 Å². The molecular formula is C14H14N2O2. The summed E-state index contributed by atoms with van der Waals surface area (Å²) in [5.41, 5.74) is 2.19. The van der Waals surface area contributed by atoms with E-state index in [0.717, 1.165) is 5.56 Å². The van der Waals surface area contributed by atoms with Gasteiger partial charge in [0.2, 0.25) is 5.56 Å². The summed E-state index contributed by atoms with van der Waals surface area (Å²) in [6, 6.07) is 10.3. The maximum absolute atomic E-state index is 11.9. The van der Waals surface area contributed by atoms with Crippen molar-refractivity contribution < 1.29 is 4.79 Å². The summed E-state index contributed by atoms with van der Waals surface area (Å²) in [5, 5.41) is 2.75. The summed E-state index contributed by atoms with van der Waals surface area (Å²) < 4.78 is 1.42. The maximum Gasteiger partial charge on any atom is 0.255 e. The molecule has 0 spiro atoms. The van der Waals surface area contributed by atoms with Gasteiger partial charge in [0.05, 0.1) is 5.69 Å². The average Bonchev–Trinajstić information content (AvgIpc) is 2.34. The van der Waals surface area contributed by atoms with Crippen LogP contribution in [0.15, 0.2) is 47.4 Å². The molecule has 0 aliphatic heterocycles. The molecule has 1 heterocycles. The van der Waals surface area contributed by atoms with Crippen molar-refractivity contribution in [1.82, 2.24) is 4.57 Å². The molecule has 2 aromatic rings. The molecule has 1 aromatic carbocycles. The molecule has 0 aliphatic carbocycles. The lowest BCUT2D eigenvalue weighted by atomic mass is 10.1. The third-order valence-corrected chi connectivity index (χ3v) is 2.66. The standard InChI is InChI=1S/C14H14N2O2/c1-10-3-5-11(6-4-10)14(18)15-12-7-8-13(17)16(2)9-12/h3-9H,1-2H3,(H,15,18). The molecule has 1 N–H and O–H groups in total. The normalized spacial score (nSPS) is 10.1. The van der Waals surface area contributed by atoms with Gasteiger partial charge in [-0.05, 0) is 25.1 Å². The third-order valence-electron chi connectivity index (χ3n) is 2.66. The van der Waals surface area contributed by atoms with E-state index in [-0.39, 0.29) is 11.5 Å². The second kappa shape index (κ2) is 4.87. The number of nitrogens with one attached hydrogen (secondary N) is 1. The maximum atomic E-state index is 11.9. The predicted octanol–water partition coefficient (Wildman–Crippen LogP) is 1.95. The van der Waals surface area contributed by atoms with Crippen LogP contribution in [0.5, 0.6) is 0 Å². The number of anilines is 1. The summed E-state index contributed by atoms with van der Waals surface area (Å²) >= 11 is 0. The molecule has 4 heteroatoms. The van der Waals surface area contributed by atoms with E-state index in [0.29, 0.717) is 11.3 Å². The predicted molar refractivity (Wildman–Crippen MR) is 70.8 cm³/mol. The van der Waals surface area contributed by atoms with Crippen molar-refractivity contribution in [2.75, 3.05) is 5.32 Å². The van der Waals surface area contributed by atoms with Gasteiger partial charge in [-0.15, -0.1) is 0 Å². The smallest absolute Gasteiger partial charge is 0.255 e. The molecule has 0 aliphatic rings. The number of amides is 1. The zero-order chi connectivity index (χ0) is 13.1. The highest BCUT2D eigenvalue weighted by Gasteiger charge is 2.05. The lowest BCUT2D eigenvalue weighted by Crippen LogP contribution is -2.17. The molecular weight excluding hydrogens is 228 g/mol. The fraction of sp³-hybridized carbons (Fsp3) is 0.143. The lowest BCUT2D eigenvalue weighted by Gasteiger charge is -2.06. The number of pyridine rings is 1. The van der Waals surface area contributed by atoms with Crippen molar-refractivity contribution in [2.45, 2.75) is 6.92 Å². The van der Waals surface area contributed by atoms with Crippen LogP contribution in [0.1, 0.15) is 15.9 Å². The fourth-order valence-corrected chi connectivity index (χ4v) is 1.58. The van der Waals surface area contributed by atoms with E-state index in [1.165, 1.54) is 10.6 Å². The summed E-state index contributed by atoms with van der Waals surface area (Å²) in [4.78, 5) is 23.1. The molecule has 1 aromatic heterocycles. The van der Waals surface area contributed by atoms with Gasteiger partial charge in [0.25, 0.3) is 5.91 Å². The number of hydrogen-bond donors (Lipinski definition) is 1. The fourth-order valence-electron chi connectivity index (χ4n) is 1.58. The number of aryl methyl sites for hydroxylation is 2. The van der Waals surface area contributed by atoms with Gasteiger partial charge in [0.15, 0.2) is 0 Å². The molecule has 18 heavy (non-hydrogen) atoms. The van der Waals surface area contributed by atoms with Crippen molar-refractivity contribution in [3.63, 3.8) is 0 Å². The molecule has 0 fully saturated rings. The summed E-state index contributed by atoms with van der Waals surface area (Å²) in [5.74, 6) is -0.186. The Balaban J connectivity index is 2.18. The zero-order valence-electron chi connectivity index (χ0n) is 10.3. The summed E-state index contributed by atoms with van der Waals surface area (Å²) in [6.45, 7) is 1.97. The quantitative estimate of drug-likeness (QED) is 0.875. The van der Waals surface area contributed by atoms with E-state index >= 15 is 0 Å². The topological polar surface area (TPSA) is 51.1 Å². The van der Waals surface area contributed by atoms with Gasteiger partial charge in [-0.1, -0.05) is 17.7 Å². The largest absolute Gasteiger partial charge is 0.321 e. The van der Waals surface area contributed by atoms with Gasteiger partial charge in [-0.2, -0.15) is 0 Å². The highest BCUT2D eigenvalue weighted by molar-refractivity contribution is 6.04. The molecule has 0 radical (unpaired) electrons. The number of benzene rings is 1. The molecule has 92 valence electrons. The first-order valence-corrected chi connectivity index (χ1v) is 5.61. The Morgan fingerprint density at radius 3 is 2.39 bits per heavy atom. The number of carbonyl (C=O) groups is 1. The Bertz CT molecular complexity index is 627. The molecule has 2 rings (SSSR count). The van der Waals surface area contributed by atoms with Crippen molar-refractivity contribution in [2.24, 2.45) is 7.05 Å². The van der Waals surface area contributed by atoms with Gasteiger partial charge in [0.1, 0.15) is 0 Å². The monoisotopic (exact) mass is 242 g/mol. The lowest BCUT2D eigenvalue weighted by molar-refractivity contribution is 0.102. The van der Waals surface area contributed by atoms with Gasteiger partial charge in [-0.25, -0.2) is 0 Å². The third kappa shape index (κ3) is 2.66. The molecule has 4 nitrogen and oxygen atoms in total. The Morgan fingerprint density at radius 2 is 1.78 bits per heavy atom. The van der Waals surface area contributed by atoms with E-state index in [2.05, 4.69) is 5.32 Å². The van der Waals surface area contributed by atoms with Gasteiger partial charge in [-0.3, -0.25) is 9.59 Å². The number of hydrogen-bond acceptors (Lipinski definition) is 2. The first kappa shape index (κ1) is 12.1.